The van der Waals surface area contributed by atoms with Gasteiger partial charge in [0.25, 0.3) is 11.8 Å². The Hall–Kier alpha value is -4.94. The summed E-state index contributed by atoms with van der Waals surface area (Å²) in [5.41, 5.74) is 1.87. The number of pyridine rings is 2. The number of imide groups is 1. The number of hydrogen-bond acceptors (Lipinski definition) is 9. The van der Waals surface area contributed by atoms with Gasteiger partial charge >= 0.3 is 11.9 Å². The molecule has 5 rings (SSSR count). The molecule has 0 spiro atoms. The van der Waals surface area contributed by atoms with E-state index >= 15 is 0 Å². The Balaban J connectivity index is 0.000000446. The van der Waals surface area contributed by atoms with Crippen LogP contribution in [0.25, 0.3) is 0 Å². The average Bonchev–Trinajstić information content (AvgIpc) is 3.25. The number of ether oxygens (including phenoxy) is 1. The minimum Gasteiger partial charge on any atom is -0.478 e. The van der Waals surface area contributed by atoms with Gasteiger partial charge in [0.05, 0.1) is 30.4 Å². The molecule has 0 radical (unpaired) electrons. The van der Waals surface area contributed by atoms with E-state index in [2.05, 4.69) is 19.8 Å². The molecule has 12 nitrogen and oxygen atoms in total. The number of piperazine rings is 1. The smallest absolute Gasteiger partial charge is 0.328 e. The number of fused-ring (bicyclic) bond motifs is 1. The Morgan fingerprint density at radius 1 is 0.833 bits per heavy atom. The zero-order valence-corrected chi connectivity index (χ0v) is 22.8. The largest absolute Gasteiger partial charge is 0.478 e. The molecule has 3 aromatic rings. The molecule has 2 aromatic heterocycles. The van der Waals surface area contributed by atoms with Crippen LogP contribution >= 0.6 is 0 Å². The summed E-state index contributed by atoms with van der Waals surface area (Å²) in [6, 6.07) is 16.7. The molecule has 12 heteroatoms. The van der Waals surface area contributed by atoms with E-state index in [0.29, 0.717) is 36.4 Å². The van der Waals surface area contributed by atoms with E-state index < -0.39 is 11.9 Å². The Kier molecular flexibility index (Phi) is 10.5. The topological polar surface area (TPSA) is 153 Å². The van der Waals surface area contributed by atoms with Gasteiger partial charge in [-0.25, -0.2) is 14.6 Å². The molecule has 1 saturated heterocycles. The number of carbonyl (C=O) groups is 4. The number of nitrogens with zero attached hydrogens (tertiary/aromatic N) is 5. The summed E-state index contributed by atoms with van der Waals surface area (Å²) in [4.78, 5) is 59.5. The number of hydrogen-bond donors (Lipinski definition) is 2. The van der Waals surface area contributed by atoms with Crippen LogP contribution in [0, 0.1) is 0 Å². The molecule has 1 atom stereocenters. The second-order valence-corrected chi connectivity index (χ2v) is 9.55. The molecule has 4 heterocycles. The first-order chi connectivity index (χ1) is 20.3. The van der Waals surface area contributed by atoms with Crippen molar-refractivity contribution in [2.45, 2.75) is 12.7 Å². The van der Waals surface area contributed by atoms with Crippen molar-refractivity contribution < 1.29 is 34.1 Å². The maximum absolute atomic E-state index is 12.9. The number of carboxylic acids is 2. The summed E-state index contributed by atoms with van der Waals surface area (Å²) in [7, 11) is 0. The van der Waals surface area contributed by atoms with Crippen molar-refractivity contribution in [3.63, 3.8) is 0 Å². The van der Waals surface area contributed by atoms with E-state index in [-0.39, 0.29) is 24.5 Å². The SMILES string of the molecule is O=C(O)C=CC(=O)O.O=C1c2ccccc2C(=O)N1CC(CN1CCN(c2ccccn2)CC1)OCc1cccnc1. The van der Waals surface area contributed by atoms with E-state index in [4.69, 9.17) is 14.9 Å². The highest BCUT2D eigenvalue weighted by atomic mass is 16.5. The minimum atomic E-state index is -1.26. The molecule has 2 aliphatic heterocycles. The molecule has 218 valence electrons. The first-order valence-corrected chi connectivity index (χ1v) is 13.3. The summed E-state index contributed by atoms with van der Waals surface area (Å²) in [6.07, 6.45) is 6.10. The van der Waals surface area contributed by atoms with Gasteiger partial charge < -0.3 is 19.8 Å². The number of amides is 2. The molecule has 1 aromatic carbocycles. The van der Waals surface area contributed by atoms with Crippen LogP contribution < -0.4 is 4.90 Å². The fourth-order valence-corrected chi connectivity index (χ4v) is 4.60. The third-order valence-electron chi connectivity index (χ3n) is 6.65. The van der Waals surface area contributed by atoms with Crippen LogP contribution in [0.15, 0.2) is 85.3 Å². The van der Waals surface area contributed by atoms with Crippen LogP contribution in [0.3, 0.4) is 0 Å². The van der Waals surface area contributed by atoms with Crippen LogP contribution in [-0.2, 0) is 20.9 Å². The molecule has 0 bridgehead atoms. The second kappa shape index (κ2) is 14.6. The quantitative estimate of drug-likeness (QED) is 0.271. The number of anilines is 1. The number of aromatic nitrogens is 2. The van der Waals surface area contributed by atoms with Crippen molar-refractivity contribution >= 4 is 29.6 Å². The summed E-state index contributed by atoms with van der Waals surface area (Å²) >= 11 is 0. The highest BCUT2D eigenvalue weighted by molar-refractivity contribution is 6.21. The molecule has 2 N–H and O–H groups in total. The molecule has 0 saturated carbocycles. The van der Waals surface area contributed by atoms with E-state index in [1.165, 1.54) is 4.90 Å². The Labute approximate surface area is 242 Å². The zero-order chi connectivity index (χ0) is 29.9. The molecule has 2 aliphatic rings. The molecule has 1 fully saturated rings. The lowest BCUT2D eigenvalue weighted by Crippen LogP contribution is -2.51. The molecule has 0 aliphatic carbocycles. The van der Waals surface area contributed by atoms with E-state index in [9.17, 15) is 19.2 Å². The summed E-state index contributed by atoms with van der Waals surface area (Å²) in [5, 5.41) is 15.6. The lowest BCUT2D eigenvalue weighted by molar-refractivity contribution is -0.134. The lowest BCUT2D eigenvalue weighted by Gasteiger charge is -2.37. The van der Waals surface area contributed by atoms with Crippen molar-refractivity contribution in [2.75, 3.05) is 44.2 Å². The van der Waals surface area contributed by atoms with Gasteiger partial charge in [-0.3, -0.25) is 24.4 Å². The molecular formula is C30H31N5O7. The van der Waals surface area contributed by atoms with Gasteiger partial charge in [-0.2, -0.15) is 0 Å². The van der Waals surface area contributed by atoms with Gasteiger partial charge in [-0.05, 0) is 35.9 Å². The third-order valence-corrected chi connectivity index (χ3v) is 6.65. The third kappa shape index (κ3) is 8.29. The van der Waals surface area contributed by atoms with Crippen molar-refractivity contribution in [2.24, 2.45) is 0 Å². The van der Waals surface area contributed by atoms with Crippen molar-refractivity contribution in [1.29, 1.82) is 0 Å². The van der Waals surface area contributed by atoms with Crippen LogP contribution in [0.4, 0.5) is 5.82 Å². The Morgan fingerprint density at radius 3 is 2.02 bits per heavy atom. The molecular weight excluding hydrogens is 542 g/mol. The first-order valence-electron chi connectivity index (χ1n) is 13.3. The van der Waals surface area contributed by atoms with Gasteiger partial charge in [0.15, 0.2) is 0 Å². The predicted molar refractivity (Wildman–Crippen MR) is 152 cm³/mol. The first kappa shape index (κ1) is 30.0. The van der Waals surface area contributed by atoms with Crippen LogP contribution in [0.5, 0.6) is 0 Å². The molecule has 2 amide bonds. The Bertz CT molecular complexity index is 1360. The van der Waals surface area contributed by atoms with E-state index in [0.717, 1.165) is 37.6 Å². The fraction of sp³-hybridized carbons (Fsp3) is 0.267. The highest BCUT2D eigenvalue weighted by Crippen LogP contribution is 2.23. The summed E-state index contributed by atoms with van der Waals surface area (Å²) < 4.78 is 6.25. The number of benzene rings is 1. The van der Waals surface area contributed by atoms with E-state index in [1.807, 2.05) is 36.5 Å². The van der Waals surface area contributed by atoms with E-state index in [1.54, 1.807) is 36.7 Å². The van der Waals surface area contributed by atoms with Gasteiger partial charge in [-0.15, -0.1) is 0 Å². The minimum absolute atomic E-state index is 0.215. The number of carbonyl (C=O) groups excluding carboxylic acids is 2. The number of aliphatic carboxylic acids is 2. The van der Waals surface area contributed by atoms with Crippen molar-refractivity contribution in [3.05, 3.63) is 102 Å². The van der Waals surface area contributed by atoms with Gasteiger partial charge in [0, 0.05) is 63.5 Å². The normalized spacial score (nSPS) is 15.7. The highest BCUT2D eigenvalue weighted by Gasteiger charge is 2.37. The maximum Gasteiger partial charge on any atom is 0.328 e. The Morgan fingerprint density at radius 2 is 1.48 bits per heavy atom. The van der Waals surface area contributed by atoms with Gasteiger partial charge in [0.2, 0.25) is 0 Å². The lowest BCUT2D eigenvalue weighted by atomic mass is 10.1. The molecule has 42 heavy (non-hydrogen) atoms. The standard InChI is InChI=1S/C26H27N5O3.C4H4O4/c32-25-22-7-1-2-8-23(22)26(33)31(25)18-21(34-19-20-6-5-10-27-16-20)17-29-12-14-30(15-13-29)24-9-3-4-11-28-24;5-3(6)1-2-4(7)8/h1-11,16,21H,12-15,17-19H2;1-2H,(H,5,6)(H,7,8). The predicted octanol–water partition coefficient (Wildman–Crippen LogP) is 2.19. The van der Waals surface area contributed by atoms with Gasteiger partial charge in [-0.1, -0.05) is 24.3 Å². The van der Waals surface area contributed by atoms with Crippen LogP contribution in [-0.4, -0.2) is 99.1 Å². The van der Waals surface area contributed by atoms with Crippen molar-refractivity contribution in [1.82, 2.24) is 19.8 Å². The molecule has 1 unspecified atom stereocenters. The summed E-state index contributed by atoms with van der Waals surface area (Å²) in [6.45, 7) is 4.64. The maximum atomic E-state index is 12.9. The second-order valence-electron chi connectivity index (χ2n) is 9.55. The van der Waals surface area contributed by atoms with Crippen LogP contribution in [0.2, 0.25) is 0 Å². The average molecular weight is 574 g/mol. The van der Waals surface area contributed by atoms with Crippen LogP contribution in [0.1, 0.15) is 26.3 Å². The fourth-order valence-electron chi connectivity index (χ4n) is 4.60. The monoisotopic (exact) mass is 573 g/mol. The summed E-state index contributed by atoms with van der Waals surface area (Å²) in [5.74, 6) is -2.04. The number of carboxylic acid groups (broad SMARTS) is 2. The zero-order valence-electron chi connectivity index (χ0n) is 22.8. The van der Waals surface area contributed by atoms with Gasteiger partial charge in [0.1, 0.15) is 5.82 Å². The van der Waals surface area contributed by atoms with Crippen molar-refractivity contribution in [3.8, 4) is 0 Å². The number of rotatable bonds is 10.